The minimum absolute atomic E-state index is 0.00325. The summed E-state index contributed by atoms with van der Waals surface area (Å²) < 4.78 is 1.06. The van der Waals surface area contributed by atoms with Crippen LogP contribution in [0.25, 0.3) is 0 Å². The van der Waals surface area contributed by atoms with E-state index in [1.54, 1.807) is 12.1 Å². The second-order valence-corrected chi connectivity index (χ2v) is 5.81. The molecule has 0 aliphatic heterocycles. The summed E-state index contributed by atoms with van der Waals surface area (Å²) >= 11 is 3.37. The first-order valence-electron chi connectivity index (χ1n) is 5.28. The molecule has 0 radical (unpaired) electrons. The Hall–Kier alpha value is -1.48. The van der Waals surface area contributed by atoms with Crippen LogP contribution in [0.4, 0.5) is 0 Å². The summed E-state index contributed by atoms with van der Waals surface area (Å²) in [6, 6.07) is 7.17. The van der Waals surface area contributed by atoms with Gasteiger partial charge in [0.25, 0.3) is 5.91 Å². The lowest BCUT2D eigenvalue weighted by Crippen LogP contribution is -2.22. The van der Waals surface area contributed by atoms with Gasteiger partial charge in [-0.25, -0.2) is 9.78 Å². The van der Waals surface area contributed by atoms with Crippen molar-refractivity contribution in [1.29, 1.82) is 0 Å². The van der Waals surface area contributed by atoms with Crippen molar-refractivity contribution in [3.8, 4) is 0 Å². The SMILES string of the molecule is O=C(NCc1nc(C(=O)O)cs1)c1ccc(I)cc1. The van der Waals surface area contributed by atoms with Crippen LogP contribution in [0.15, 0.2) is 29.6 Å². The van der Waals surface area contributed by atoms with E-state index < -0.39 is 5.97 Å². The van der Waals surface area contributed by atoms with E-state index in [0.717, 1.165) is 3.57 Å². The number of carbonyl (C=O) groups excluding carboxylic acids is 1. The summed E-state index contributed by atoms with van der Waals surface area (Å²) in [5.41, 5.74) is 0.568. The monoisotopic (exact) mass is 388 g/mol. The molecule has 0 aliphatic rings. The van der Waals surface area contributed by atoms with Gasteiger partial charge in [0.15, 0.2) is 5.69 Å². The number of rotatable bonds is 4. The Balaban J connectivity index is 1.96. The number of carboxylic acid groups (broad SMARTS) is 1. The maximum Gasteiger partial charge on any atom is 0.355 e. The number of nitrogens with one attached hydrogen (secondary N) is 1. The molecule has 2 aromatic rings. The molecule has 98 valence electrons. The predicted molar refractivity (Wildman–Crippen MR) is 79.4 cm³/mol. The lowest BCUT2D eigenvalue weighted by atomic mass is 10.2. The summed E-state index contributed by atoms with van der Waals surface area (Å²) in [5, 5.41) is 13.5. The summed E-state index contributed by atoms with van der Waals surface area (Å²) in [7, 11) is 0. The molecule has 0 spiro atoms. The number of amides is 1. The fraction of sp³-hybridized carbons (Fsp3) is 0.0833. The first-order chi connectivity index (χ1) is 9.06. The highest BCUT2D eigenvalue weighted by molar-refractivity contribution is 14.1. The quantitative estimate of drug-likeness (QED) is 0.789. The van der Waals surface area contributed by atoms with Gasteiger partial charge in [-0.1, -0.05) is 0 Å². The summed E-state index contributed by atoms with van der Waals surface area (Å²) in [6.07, 6.45) is 0. The van der Waals surface area contributed by atoms with E-state index >= 15 is 0 Å². The van der Waals surface area contributed by atoms with Crippen LogP contribution >= 0.6 is 33.9 Å². The molecule has 0 fully saturated rings. The van der Waals surface area contributed by atoms with Crippen LogP contribution in [0.1, 0.15) is 25.9 Å². The second-order valence-electron chi connectivity index (χ2n) is 3.62. The Morgan fingerprint density at radius 3 is 2.58 bits per heavy atom. The Labute approximate surface area is 126 Å². The molecule has 1 heterocycles. The van der Waals surface area contributed by atoms with E-state index in [9.17, 15) is 9.59 Å². The van der Waals surface area contributed by atoms with Crippen LogP contribution in [-0.2, 0) is 6.54 Å². The number of hydrogen-bond acceptors (Lipinski definition) is 4. The molecular formula is C12H9IN2O3S. The maximum absolute atomic E-state index is 11.8. The highest BCUT2D eigenvalue weighted by Crippen LogP contribution is 2.10. The number of carbonyl (C=O) groups is 2. The lowest BCUT2D eigenvalue weighted by molar-refractivity contribution is 0.0691. The number of nitrogens with zero attached hydrogens (tertiary/aromatic N) is 1. The first kappa shape index (κ1) is 13.9. The van der Waals surface area contributed by atoms with Gasteiger partial charge < -0.3 is 10.4 Å². The molecule has 0 unspecified atom stereocenters. The van der Waals surface area contributed by atoms with E-state index in [0.29, 0.717) is 10.6 Å². The number of carboxylic acids is 1. The van der Waals surface area contributed by atoms with Gasteiger partial charge in [0.05, 0.1) is 6.54 Å². The number of hydrogen-bond donors (Lipinski definition) is 2. The molecule has 0 saturated heterocycles. The summed E-state index contributed by atoms with van der Waals surface area (Å²) in [6.45, 7) is 0.225. The molecule has 0 aliphatic carbocycles. The average molecular weight is 388 g/mol. The Morgan fingerprint density at radius 1 is 1.32 bits per heavy atom. The Bertz CT molecular complexity index is 610. The largest absolute Gasteiger partial charge is 0.476 e. The topological polar surface area (TPSA) is 79.3 Å². The number of aromatic carboxylic acids is 1. The van der Waals surface area contributed by atoms with Crippen molar-refractivity contribution >= 4 is 45.8 Å². The summed E-state index contributed by atoms with van der Waals surface area (Å²) in [5.74, 6) is -1.27. The van der Waals surface area contributed by atoms with Crippen LogP contribution in [0.2, 0.25) is 0 Å². The van der Waals surface area contributed by atoms with Gasteiger partial charge in [0.2, 0.25) is 0 Å². The van der Waals surface area contributed by atoms with Gasteiger partial charge in [-0.15, -0.1) is 11.3 Å². The molecule has 0 saturated carbocycles. The van der Waals surface area contributed by atoms with Crippen LogP contribution in [0, 0.1) is 3.57 Å². The van der Waals surface area contributed by atoms with Gasteiger partial charge in [-0.2, -0.15) is 0 Å². The van der Waals surface area contributed by atoms with Crippen LogP contribution in [-0.4, -0.2) is 22.0 Å². The molecule has 1 amide bonds. The van der Waals surface area contributed by atoms with Gasteiger partial charge in [0, 0.05) is 14.5 Å². The fourth-order valence-corrected chi connectivity index (χ4v) is 2.42. The molecule has 7 heteroatoms. The summed E-state index contributed by atoms with van der Waals surface area (Å²) in [4.78, 5) is 26.4. The van der Waals surface area contributed by atoms with Gasteiger partial charge in [-0.05, 0) is 46.9 Å². The van der Waals surface area contributed by atoms with Gasteiger partial charge in [0.1, 0.15) is 5.01 Å². The number of benzene rings is 1. The molecule has 5 nitrogen and oxygen atoms in total. The van der Waals surface area contributed by atoms with Crippen molar-refractivity contribution in [2.75, 3.05) is 0 Å². The van der Waals surface area contributed by atoms with Crippen molar-refractivity contribution in [2.45, 2.75) is 6.54 Å². The minimum Gasteiger partial charge on any atom is -0.476 e. The Morgan fingerprint density at radius 2 is 2.00 bits per heavy atom. The third kappa shape index (κ3) is 3.74. The average Bonchev–Trinajstić information content (AvgIpc) is 2.86. The number of halogens is 1. The second kappa shape index (κ2) is 6.11. The van der Waals surface area contributed by atoms with E-state index in [1.807, 2.05) is 12.1 Å². The highest BCUT2D eigenvalue weighted by Gasteiger charge is 2.10. The van der Waals surface area contributed by atoms with E-state index in [4.69, 9.17) is 5.11 Å². The van der Waals surface area contributed by atoms with Gasteiger partial charge in [-0.3, -0.25) is 4.79 Å². The van der Waals surface area contributed by atoms with Crippen LogP contribution < -0.4 is 5.32 Å². The standard InChI is InChI=1S/C12H9IN2O3S/c13-8-3-1-7(2-4-8)11(16)14-5-10-15-9(6-19-10)12(17)18/h1-4,6H,5H2,(H,14,16)(H,17,18). The number of aromatic nitrogens is 1. The van der Waals surface area contributed by atoms with Crippen molar-refractivity contribution in [2.24, 2.45) is 0 Å². The van der Waals surface area contributed by atoms with Crippen molar-refractivity contribution in [3.05, 3.63) is 49.5 Å². The van der Waals surface area contributed by atoms with Crippen molar-refractivity contribution < 1.29 is 14.7 Å². The van der Waals surface area contributed by atoms with E-state index in [2.05, 4.69) is 32.9 Å². The van der Waals surface area contributed by atoms with Crippen molar-refractivity contribution in [1.82, 2.24) is 10.3 Å². The van der Waals surface area contributed by atoms with Gasteiger partial charge >= 0.3 is 5.97 Å². The molecule has 2 N–H and O–H groups in total. The molecule has 1 aromatic heterocycles. The predicted octanol–water partition coefficient (Wildman–Crippen LogP) is 2.38. The zero-order valence-corrected chi connectivity index (χ0v) is 12.6. The third-order valence-electron chi connectivity index (χ3n) is 2.28. The first-order valence-corrected chi connectivity index (χ1v) is 7.23. The maximum atomic E-state index is 11.8. The fourth-order valence-electron chi connectivity index (χ4n) is 1.35. The third-order valence-corrected chi connectivity index (χ3v) is 3.85. The molecular weight excluding hydrogens is 379 g/mol. The zero-order valence-electron chi connectivity index (χ0n) is 9.59. The normalized spacial score (nSPS) is 10.2. The Kier molecular flexibility index (Phi) is 4.48. The van der Waals surface area contributed by atoms with Crippen molar-refractivity contribution in [3.63, 3.8) is 0 Å². The number of thiazole rings is 1. The molecule has 0 bridgehead atoms. The molecule has 1 aromatic carbocycles. The molecule has 0 atom stereocenters. The highest BCUT2D eigenvalue weighted by atomic mass is 127. The smallest absolute Gasteiger partial charge is 0.355 e. The van der Waals surface area contributed by atoms with E-state index in [-0.39, 0.29) is 18.1 Å². The lowest BCUT2D eigenvalue weighted by Gasteiger charge is -2.03. The van der Waals surface area contributed by atoms with Crippen LogP contribution in [0.3, 0.4) is 0 Å². The van der Waals surface area contributed by atoms with Crippen LogP contribution in [0.5, 0.6) is 0 Å². The molecule has 2 rings (SSSR count). The molecule has 19 heavy (non-hydrogen) atoms. The van der Waals surface area contributed by atoms with E-state index in [1.165, 1.54) is 16.7 Å². The minimum atomic E-state index is -1.06. The zero-order chi connectivity index (χ0) is 13.8.